The number of nitrogens with zero attached hydrogens (tertiary/aromatic N) is 2. The standard InChI is InChI=1S/C16H18F5N3O/c17-15(18)9-13(22-10-15)14(25)24-6-4-23(5-7-24)12-3-1-2-11(8-12)16(19,20)21/h1-3,8,13,22H,4-7,9-10H2. The number of hydrogen-bond acceptors (Lipinski definition) is 3. The summed E-state index contributed by atoms with van der Waals surface area (Å²) in [6, 6.07) is 4.13. The predicted octanol–water partition coefficient (Wildman–Crippen LogP) is 2.35. The van der Waals surface area contributed by atoms with Crippen molar-refractivity contribution in [2.45, 2.75) is 24.6 Å². The van der Waals surface area contributed by atoms with Gasteiger partial charge in [-0.15, -0.1) is 0 Å². The average molecular weight is 363 g/mol. The molecule has 25 heavy (non-hydrogen) atoms. The van der Waals surface area contributed by atoms with Crippen molar-refractivity contribution in [2.75, 3.05) is 37.6 Å². The Morgan fingerprint density at radius 3 is 2.40 bits per heavy atom. The lowest BCUT2D eigenvalue weighted by Gasteiger charge is -2.37. The summed E-state index contributed by atoms with van der Waals surface area (Å²) in [4.78, 5) is 15.5. The van der Waals surface area contributed by atoms with Crippen LogP contribution in [0.2, 0.25) is 0 Å². The molecule has 9 heteroatoms. The van der Waals surface area contributed by atoms with Gasteiger partial charge in [-0.2, -0.15) is 13.2 Å². The molecule has 0 aliphatic carbocycles. The van der Waals surface area contributed by atoms with Gasteiger partial charge in [-0.3, -0.25) is 10.1 Å². The monoisotopic (exact) mass is 363 g/mol. The minimum absolute atomic E-state index is 0.291. The Balaban J connectivity index is 1.60. The van der Waals surface area contributed by atoms with Gasteiger partial charge < -0.3 is 9.80 Å². The largest absolute Gasteiger partial charge is 0.416 e. The maximum atomic E-state index is 13.2. The fourth-order valence-electron chi connectivity index (χ4n) is 3.17. The van der Waals surface area contributed by atoms with Crippen molar-refractivity contribution in [1.82, 2.24) is 10.2 Å². The number of piperazine rings is 1. The summed E-state index contributed by atoms with van der Waals surface area (Å²) in [5, 5.41) is 2.53. The first-order valence-corrected chi connectivity index (χ1v) is 7.98. The van der Waals surface area contributed by atoms with Crippen molar-refractivity contribution < 1.29 is 26.7 Å². The first-order valence-electron chi connectivity index (χ1n) is 7.98. The summed E-state index contributed by atoms with van der Waals surface area (Å²) in [5.74, 6) is -3.25. The molecule has 2 saturated heterocycles. The summed E-state index contributed by atoms with van der Waals surface area (Å²) in [7, 11) is 0. The molecule has 3 rings (SSSR count). The van der Waals surface area contributed by atoms with Crippen molar-refractivity contribution >= 4 is 11.6 Å². The molecule has 0 spiro atoms. The van der Waals surface area contributed by atoms with Crippen LogP contribution in [0, 0.1) is 0 Å². The lowest BCUT2D eigenvalue weighted by atomic mass is 10.1. The number of anilines is 1. The van der Waals surface area contributed by atoms with Gasteiger partial charge in [-0.1, -0.05) is 6.07 Å². The molecule has 1 aromatic rings. The van der Waals surface area contributed by atoms with E-state index in [1.54, 1.807) is 11.0 Å². The maximum absolute atomic E-state index is 13.2. The van der Waals surface area contributed by atoms with E-state index in [1.807, 2.05) is 0 Å². The van der Waals surface area contributed by atoms with E-state index in [0.29, 0.717) is 31.9 Å². The molecule has 2 heterocycles. The molecular formula is C16H18F5N3O. The van der Waals surface area contributed by atoms with Gasteiger partial charge in [0.2, 0.25) is 5.91 Å². The second kappa shape index (κ2) is 6.44. The quantitative estimate of drug-likeness (QED) is 0.820. The van der Waals surface area contributed by atoms with E-state index >= 15 is 0 Å². The molecule has 4 nitrogen and oxygen atoms in total. The molecule has 138 valence electrons. The summed E-state index contributed by atoms with van der Waals surface area (Å²) < 4.78 is 64.8. The van der Waals surface area contributed by atoms with Crippen LogP contribution in [-0.2, 0) is 11.0 Å². The number of carbonyl (C=O) groups is 1. The topological polar surface area (TPSA) is 35.6 Å². The van der Waals surface area contributed by atoms with Crippen molar-refractivity contribution in [2.24, 2.45) is 0 Å². The third-order valence-electron chi connectivity index (χ3n) is 4.54. The highest BCUT2D eigenvalue weighted by molar-refractivity contribution is 5.82. The lowest BCUT2D eigenvalue weighted by Crippen LogP contribution is -2.53. The zero-order valence-corrected chi connectivity index (χ0v) is 13.3. The number of benzene rings is 1. The van der Waals surface area contributed by atoms with Crippen molar-refractivity contribution in [3.8, 4) is 0 Å². The van der Waals surface area contributed by atoms with Gasteiger partial charge in [0.1, 0.15) is 0 Å². The molecule has 2 fully saturated rings. The fraction of sp³-hybridized carbons (Fsp3) is 0.562. The zero-order valence-electron chi connectivity index (χ0n) is 13.3. The Morgan fingerprint density at radius 1 is 1.16 bits per heavy atom. The number of halogens is 5. The predicted molar refractivity (Wildman–Crippen MR) is 81.6 cm³/mol. The van der Waals surface area contributed by atoms with Crippen LogP contribution in [0.1, 0.15) is 12.0 Å². The molecule has 1 amide bonds. The number of alkyl halides is 5. The lowest BCUT2D eigenvalue weighted by molar-refractivity contribution is -0.137. The molecule has 0 aromatic heterocycles. The summed E-state index contributed by atoms with van der Waals surface area (Å²) in [5.41, 5.74) is -0.284. The second-order valence-corrected chi connectivity index (χ2v) is 6.35. The third kappa shape index (κ3) is 4.02. The van der Waals surface area contributed by atoms with E-state index in [-0.39, 0.29) is 5.91 Å². The fourth-order valence-corrected chi connectivity index (χ4v) is 3.17. The minimum atomic E-state index is -4.41. The average Bonchev–Trinajstić information content (AvgIpc) is 2.94. The molecule has 2 aliphatic rings. The Bertz CT molecular complexity index is 641. The highest BCUT2D eigenvalue weighted by atomic mass is 19.4. The molecule has 0 saturated carbocycles. The van der Waals surface area contributed by atoms with Crippen LogP contribution >= 0.6 is 0 Å². The van der Waals surface area contributed by atoms with E-state index in [4.69, 9.17) is 0 Å². The number of carbonyl (C=O) groups excluding carboxylic acids is 1. The van der Waals surface area contributed by atoms with Gasteiger partial charge >= 0.3 is 6.18 Å². The van der Waals surface area contributed by atoms with Gasteiger partial charge in [-0.25, -0.2) is 8.78 Å². The molecule has 1 aromatic carbocycles. The first kappa shape index (κ1) is 17.9. The van der Waals surface area contributed by atoms with Gasteiger partial charge in [0.25, 0.3) is 5.92 Å². The van der Waals surface area contributed by atoms with Gasteiger partial charge in [0.15, 0.2) is 0 Å². The van der Waals surface area contributed by atoms with Crippen molar-refractivity contribution in [3.63, 3.8) is 0 Å². The number of hydrogen-bond donors (Lipinski definition) is 1. The van der Waals surface area contributed by atoms with Gasteiger partial charge in [0, 0.05) is 38.3 Å². The van der Waals surface area contributed by atoms with E-state index < -0.39 is 36.7 Å². The number of rotatable bonds is 2. The Kier molecular flexibility index (Phi) is 4.61. The maximum Gasteiger partial charge on any atom is 0.416 e. The van der Waals surface area contributed by atoms with E-state index in [9.17, 15) is 26.7 Å². The summed E-state index contributed by atoms with van der Waals surface area (Å²) in [6.07, 6.45) is -4.92. The molecule has 0 bridgehead atoms. The summed E-state index contributed by atoms with van der Waals surface area (Å²) >= 11 is 0. The van der Waals surface area contributed by atoms with Gasteiger partial charge in [0.05, 0.1) is 18.2 Å². The van der Waals surface area contributed by atoms with E-state index in [2.05, 4.69) is 5.32 Å². The summed E-state index contributed by atoms with van der Waals surface area (Å²) in [6.45, 7) is 0.789. The normalized spacial score (nSPS) is 23.8. The van der Waals surface area contributed by atoms with Crippen LogP contribution in [0.15, 0.2) is 24.3 Å². The SMILES string of the molecule is O=C(C1CC(F)(F)CN1)N1CCN(c2cccc(C(F)(F)F)c2)CC1. The molecule has 0 radical (unpaired) electrons. The minimum Gasteiger partial charge on any atom is -0.368 e. The number of amides is 1. The zero-order chi connectivity index (χ0) is 18.2. The smallest absolute Gasteiger partial charge is 0.368 e. The highest BCUT2D eigenvalue weighted by Crippen LogP contribution is 2.32. The van der Waals surface area contributed by atoms with Crippen LogP contribution in [0.4, 0.5) is 27.6 Å². The van der Waals surface area contributed by atoms with Crippen molar-refractivity contribution in [3.05, 3.63) is 29.8 Å². The first-order chi connectivity index (χ1) is 11.7. The Labute approximate surface area is 141 Å². The second-order valence-electron chi connectivity index (χ2n) is 6.35. The van der Waals surface area contributed by atoms with Crippen LogP contribution in [0.3, 0.4) is 0 Å². The molecule has 2 aliphatic heterocycles. The van der Waals surface area contributed by atoms with Crippen LogP contribution in [0.5, 0.6) is 0 Å². The van der Waals surface area contributed by atoms with E-state index in [1.165, 1.54) is 11.0 Å². The van der Waals surface area contributed by atoms with Gasteiger partial charge in [-0.05, 0) is 18.2 Å². The Morgan fingerprint density at radius 2 is 1.84 bits per heavy atom. The van der Waals surface area contributed by atoms with Crippen LogP contribution < -0.4 is 10.2 Å². The third-order valence-corrected chi connectivity index (χ3v) is 4.54. The van der Waals surface area contributed by atoms with Crippen molar-refractivity contribution in [1.29, 1.82) is 0 Å². The molecule has 1 N–H and O–H groups in total. The molecule has 1 unspecified atom stereocenters. The van der Waals surface area contributed by atoms with Crippen LogP contribution in [-0.4, -0.2) is 55.5 Å². The Hall–Kier alpha value is -1.90. The highest BCUT2D eigenvalue weighted by Gasteiger charge is 2.43. The molecule has 1 atom stereocenters. The van der Waals surface area contributed by atoms with E-state index in [0.717, 1.165) is 12.1 Å². The number of nitrogens with one attached hydrogen (secondary N) is 1. The van der Waals surface area contributed by atoms with Crippen LogP contribution in [0.25, 0.3) is 0 Å². The molecular weight excluding hydrogens is 345 g/mol.